The number of benzene rings is 1. The van der Waals surface area contributed by atoms with Gasteiger partial charge in [0.25, 0.3) is 0 Å². The van der Waals surface area contributed by atoms with E-state index in [1.54, 1.807) is 0 Å². The van der Waals surface area contributed by atoms with Crippen LogP contribution in [0.1, 0.15) is 37.7 Å². The second kappa shape index (κ2) is 5.49. The zero-order valence-corrected chi connectivity index (χ0v) is 13.2. The first-order valence-electron chi connectivity index (χ1n) is 7.38. The summed E-state index contributed by atoms with van der Waals surface area (Å²) in [5.74, 6) is 0.322. The highest BCUT2D eigenvalue weighted by molar-refractivity contribution is 9.10. The van der Waals surface area contributed by atoms with Crippen LogP contribution in [0.3, 0.4) is 0 Å². The van der Waals surface area contributed by atoms with E-state index >= 15 is 0 Å². The first-order chi connectivity index (χ1) is 9.59. The van der Waals surface area contributed by atoms with E-state index in [-0.39, 0.29) is 23.3 Å². The SMILES string of the molecule is NC1CCC(C(=O)NCC2(c3cccc(Br)c3)CC2)C1. The van der Waals surface area contributed by atoms with Gasteiger partial charge in [0.2, 0.25) is 5.91 Å². The molecule has 3 N–H and O–H groups in total. The van der Waals surface area contributed by atoms with Crippen molar-refractivity contribution in [2.75, 3.05) is 6.54 Å². The van der Waals surface area contributed by atoms with Gasteiger partial charge < -0.3 is 11.1 Å². The van der Waals surface area contributed by atoms with Gasteiger partial charge in [0, 0.05) is 28.4 Å². The number of rotatable bonds is 4. The van der Waals surface area contributed by atoms with E-state index in [9.17, 15) is 4.79 Å². The number of hydrogen-bond acceptors (Lipinski definition) is 2. The third-order valence-corrected chi connectivity index (χ3v) is 5.23. The van der Waals surface area contributed by atoms with Gasteiger partial charge in [0.1, 0.15) is 0 Å². The van der Waals surface area contributed by atoms with E-state index in [0.29, 0.717) is 0 Å². The summed E-state index contributed by atoms with van der Waals surface area (Å²) in [6, 6.07) is 8.65. The van der Waals surface area contributed by atoms with Crippen LogP contribution in [0, 0.1) is 5.92 Å². The molecule has 0 saturated heterocycles. The van der Waals surface area contributed by atoms with Gasteiger partial charge in [-0.2, -0.15) is 0 Å². The van der Waals surface area contributed by atoms with Crippen LogP contribution in [-0.2, 0) is 10.2 Å². The van der Waals surface area contributed by atoms with Gasteiger partial charge >= 0.3 is 0 Å². The number of halogens is 1. The highest BCUT2D eigenvalue weighted by atomic mass is 79.9. The number of nitrogens with one attached hydrogen (secondary N) is 1. The Morgan fingerprint density at radius 2 is 2.20 bits per heavy atom. The second-order valence-corrected chi connectivity index (χ2v) is 7.19. The summed E-state index contributed by atoms with van der Waals surface area (Å²) in [6.07, 6.45) is 5.09. The molecule has 0 aliphatic heterocycles. The van der Waals surface area contributed by atoms with E-state index in [1.807, 2.05) is 6.07 Å². The lowest BCUT2D eigenvalue weighted by molar-refractivity contribution is -0.124. The van der Waals surface area contributed by atoms with E-state index < -0.39 is 0 Å². The Kier molecular flexibility index (Phi) is 3.87. The number of amides is 1. The fraction of sp³-hybridized carbons (Fsp3) is 0.562. The molecule has 2 unspecified atom stereocenters. The first kappa shape index (κ1) is 14.1. The molecule has 0 bridgehead atoms. The van der Waals surface area contributed by atoms with Crippen LogP contribution in [0.5, 0.6) is 0 Å². The largest absolute Gasteiger partial charge is 0.355 e. The molecule has 2 saturated carbocycles. The van der Waals surface area contributed by atoms with Crippen molar-refractivity contribution in [1.29, 1.82) is 0 Å². The Labute approximate surface area is 128 Å². The lowest BCUT2D eigenvalue weighted by Crippen LogP contribution is -2.36. The van der Waals surface area contributed by atoms with Crippen LogP contribution in [0.25, 0.3) is 0 Å². The molecular weight excluding hydrogens is 316 g/mol. The Hall–Kier alpha value is -0.870. The molecule has 1 aromatic rings. The third kappa shape index (κ3) is 2.91. The molecule has 0 heterocycles. The molecule has 2 aliphatic carbocycles. The zero-order chi connectivity index (χ0) is 14.2. The topological polar surface area (TPSA) is 55.1 Å². The normalized spacial score (nSPS) is 27.3. The maximum absolute atomic E-state index is 12.2. The van der Waals surface area contributed by atoms with Crippen molar-refractivity contribution in [2.24, 2.45) is 11.7 Å². The molecule has 0 spiro atoms. The third-order valence-electron chi connectivity index (χ3n) is 4.74. The predicted octanol–water partition coefficient (Wildman–Crippen LogP) is 2.72. The summed E-state index contributed by atoms with van der Waals surface area (Å²) >= 11 is 3.52. The first-order valence-corrected chi connectivity index (χ1v) is 8.18. The molecule has 2 aliphatic rings. The van der Waals surface area contributed by atoms with Crippen LogP contribution in [0.4, 0.5) is 0 Å². The van der Waals surface area contributed by atoms with Gasteiger partial charge in [-0.3, -0.25) is 4.79 Å². The smallest absolute Gasteiger partial charge is 0.223 e. The average Bonchev–Trinajstić information content (AvgIpc) is 3.11. The molecule has 2 fully saturated rings. The minimum atomic E-state index is 0.128. The Balaban J connectivity index is 1.59. The van der Waals surface area contributed by atoms with E-state index in [4.69, 9.17) is 5.73 Å². The Bertz CT molecular complexity index is 513. The predicted molar refractivity (Wildman–Crippen MR) is 83.4 cm³/mol. The molecule has 1 aromatic carbocycles. The molecule has 0 aromatic heterocycles. The van der Waals surface area contributed by atoms with Crippen molar-refractivity contribution in [1.82, 2.24) is 5.32 Å². The zero-order valence-electron chi connectivity index (χ0n) is 11.6. The molecule has 3 rings (SSSR count). The summed E-state index contributed by atoms with van der Waals surface area (Å²) in [5, 5.41) is 3.16. The fourth-order valence-corrected chi connectivity index (χ4v) is 3.59. The maximum Gasteiger partial charge on any atom is 0.223 e. The molecule has 0 radical (unpaired) electrons. The van der Waals surface area contributed by atoms with Crippen LogP contribution >= 0.6 is 15.9 Å². The lowest BCUT2D eigenvalue weighted by Gasteiger charge is -2.18. The number of hydrogen-bond donors (Lipinski definition) is 2. The monoisotopic (exact) mass is 336 g/mol. The van der Waals surface area contributed by atoms with E-state index in [1.165, 1.54) is 5.56 Å². The summed E-state index contributed by atoms with van der Waals surface area (Å²) in [6.45, 7) is 0.758. The van der Waals surface area contributed by atoms with Crippen molar-refractivity contribution < 1.29 is 4.79 Å². The van der Waals surface area contributed by atoms with Crippen molar-refractivity contribution in [3.63, 3.8) is 0 Å². The standard InChI is InChI=1S/C16H21BrN2O/c17-13-3-1-2-12(9-13)16(6-7-16)10-19-15(20)11-4-5-14(18)8-11/h1-3,9,11,14H,4-8,10,18H2,(H,19,20). The minimum Gasteiger partial charge on any atom is -0.355 e. The van der Waals surface area contributed by atoms with Crippen molar-refractivity contribution in [3.8, 4) is 0 Å². The summed E-state index contributed by atoms with van der Waals surface area (Å²) in [7, 11) is 0. The van der Waals surface area contributed by atoms with E-state index in [2.05, 4.69) is 39.4 Å². The van der Waals surface area contributed by atoms with Crippen molar-refractivity contribution >= 4 is 21.8 Å². The molecule has 108 valence electrons. The summed E-state index contributed by atoms with van der Waals surface area (Å²) < 4.78 is 1.11. The lowest BCUT2D eigenvalue weighted by atomic mass is 9.95. The van der Waals surface area contributed by atoms with E-state index in [0.717, 1.165) is 43.1 Å². The Morgan fingerprint density at radius 1 is 1.40 bits per heavy atom. The second-order valence-electron chi connectivity index (χ2n) is 6.28. The van der Waals surface area contributed by atoms with Gasteiger partial charge in [-0.1, -0.05) is 28.1 Å². The Morgan fingerprint density at radius 3 is 2.80 bits per heavy atom. The van der Waals surface area contributed by atoms with Gasteiger partial charge in [0.15, 0.2) is 0 Å². The molecule has 3 nitrogen and oxygen atoms in total. The van der Waals surface area contributed by atoms with Gasteiger partial charge in [-0.05, 0) is 49.8 Å². The number of carbonyl (C=O) groups excluding carboxylic acids is 1. The number of carbonyl (C=O) groups is 1. The minimum absolute atomic E-state index is 0.128. The highest BCUT2D eigenvalue weighted by Gasteiger charge is 2.44. The quantitative estimate of drug-likeness (QED) is 0.888. The average molecular weight is 337 g/mol. The maximum atomic E-state index is 12.2. The van der Waals surface area contributed by atoms with Crippen LogP contribution in [0.15, 0.2) is 28.7 Å². The van der Waals surface area contributed by atoms with Gasteiger partial charge in [-0.25, -0.2) is 0 Å². The number of nitrogens with two attached hydrogens (primary N) is 1. The van der Waals surface area contributed by atoms with Crippen LogP contribution < -0.4 is 11.1 Å². The molecule has 20 heavy (non-hydrogen) atoms. The fourth-order valence-electron chi connectivity index (χ4n) is 3.19. The molecule has 2 atom stereocenters. The summed E-state index contributed by atoms with van der Waals surface area (Å²) in [5.41, 5.74) is 7.38. The molecule has 1 amide bonds. The van der Waals surface area contributed by atoms with Crippen LogP contribution in [-0.4, -0.2) is 18.5 Å². The van der Waals surface area contributed by atoms with Crippen molar-refractivity contribution in [3.05, 3.63) is 34.3 Å². The van der Waals surface area contributed by atoms with Gasteiger partial charge in [-0.15, -0.1) is 0 Å². The molecule has 4 heteroatoms. The van der Waals surface area contributed by atoms with Crippen molar-refractivity contribution in [2.45, 2.75) is 43.6 Å². The van der Waals surface area contributed by atoms with Crippen LogP contribution in [0.2, 0.25) is 0 Å². The van der Waals surface area contributed by atoms with Gasteiger partial charge in [0.05, 0.1) is 0 Å². The highest BCUT2D eigenvalue weighted by Crippen LogP contribution is 2.48. The summed E-state index contributed by atoms with van der Waals surface area (Å²) in [4.78, 5) is 12.2. The molecular formula is C16H21BrN2O.